The second-order valence-corrected chi connectivity index (χ2v) is 23.8. The number of fused-ring (bicyclic) bond motifs is 3. The highest BCUT2D eigenvalue weighted by Crippen LogP contribution is 2.63. The highest BCUT2D eigenvalue weighted by Gasteiger charge is 2.53. The van der Waals surface area contributed by atoms with E-state index in [1.54, 1.807) is 13.8 Å². The van der Waals surface area contributed by atoms with Crippen molar-refractivity contribution in [3.63, 3.8) is 0 Å². The topological polar surface area (TPSA) is 580 Å². The van der Waals surface area contributed by atoms with Crippen LogP contribution in [-0.4, -0.2) is 156 Å². The quantitative estimate of drug-likeness (QED) is 0.0189. The van der Waals surface area contributed by atoms with Crippen molar-refractivity contribution in [2.45, 2.75) is 100 Å². The Hall–Kier alpha value is -5.64. The summed E-state index contributed by atoms with van der Waals surface area (Å²) in [5.74, 6) is -1.94. The number of imidazole rings is 3. The molecule has 44 heteroatoms. The van der Waals surface area contributed by atoms with E-state index in [1.807, 2.05) is 0 Å². The molecule has 3 saturated heterocycles. The number of anilines is 3. The number of phosphoric acid groups is 4. The van der Waals surface area contributed by atoms with E-state index in [2.05, 4.69) is 53.0 Å². The molecule has 0 spiro atoms. The number of aromatic amines is 2. The number of aliphatic hydroxyl groups excluding tert-OH is 3. The average molecular weight is 1210 g/mol. The molecule has 6 aromatic heterocycles. The molecule has 11 N–H and O–H groups in total. The summed E-state index contributed by atoms with van der Waals surface area (Å²) in [6.07, 6.45) is -17.4. The van der Waals surface area contributed by atoms with Gasteiger partial charge in [0.2, 0.25) is 17.7 Å². The fraction of sp³-hybridized carbons (Fsp3) is 0.556. The van der Waals surface area contributed by atoms with Gasteiger partial charge < -0.3 is 93.9 Å². The van der Waals surface area contributed by atoms with Gasteiger partial charge in [-0.15, -0.1) is 0 Å². The number of nitrogen functional groups attached to an aromatic ring is 3. The van der Waals surface area contributed by atoms with Crippen LogP contribution in [0.4, 0.5) is 17.7 Å². The summed E-state index contributed by atoms with van der Waals surface area (Å²) in [6, 6.07) is 0. The van der Waals surface area contributed by atoms with Gasteiger partial charge in [0, 0.05) is 6.92 Å². The third-order valence-electron chi connectivity index (χ3n) is 12.0. The number of rotatable bonds is 21. The second kappa shape index (κ2) is 22.3. The van der Waals surface area contributed by atoms with Crippen molar-refractivity contribution in [2.75, 3.05) is 37.0 Å². The Balaban J connectivity index is 0.899. The smallest absolute Gasteiger partial charge is 0.313 e. The molecular weight excluding hydrogens is 1170 g/mol. The summed E-state index contributed by atoms with van der Waals surface area (Å²) in [4.78, 5) is 119. The van der Waals surface area contributed by atoms with Crippen LogP contribution >= 0.6 is 31.3 Å². The number of carbonyl (C=O) groups is 1. The Kier molecular flexibility index (Phi) is 16.4. The van der Waals surface area contributed by atoms with E-state index in [0.717, 1.165) is 39.6 Å². The third-order valence-corrected chi connectivity index (χ3v) is 17.1. The second-order valence-electron chi connectivity index (χ2n) is 17.9. The van der Waals surface area contributed by atoms with Gasteiger partial charge in [0.05, 0.1) is 45.6 Å². The molecule has 0 radical (unpaired) electrons. The molecule has 0 bridgehead atoms. The number of aromatic nitrogens is 12. The van der Waals surface area contributed by atoms with E-state index >= 15 is 0 Å². The summed E-state index contributed by atoms with van der Waals surface area (Å²) < 4.78 is 114. The van der Waals surface area contributed by atoms with Crippen LogP contribution < -0.4 is 52.5 Å². The fourth-order valence-electron chi connectivity index (χ4n) is 8.79. The minimum absolute atomic E-state index is 0.0568. The molecule has 80 heavy (non-hydrogen) atoms. The maximum atomic E-state index is 13.9. The first kappa shape index (κ1) is 59.0. The van der Waals surface area contributed by atoms with Gasteiger partial charge in [0.15, 0.2) is 47.5 Å². The summed E-state index contributed by atoms with van der Waals surface area (Å²) in [5, 5.41) is 32.9. The number of nitrogens with one attached hydrogen (secondary N) is 2. The lowest BCUT2D eigenvalue weighted by atomic mass is 10.1. The molecule has 16 unspecified atom stereocenters. The van der Waals surface area contributed by atoms with Crippen LogP contribution in [0.1, 0.15) is 39.5 Å². The summed E-state index contributed by atoms with van der Waals surface area (Å²) in [7, 11) is -23.7. The number of carbonyl (C=O) groups excluding carboxylic acids is 1. The molecule has 0 aromatic carbocycles. The molecule has 3 aliphatic rings. The van der Waals surface area contributed by atoms with E-state index in [0.29, 0.717) is 0 Å². The highest BCUT2D eigenvalue weighted by atomic mass is 31.3. The van der Waals surface area contributed by atoms with Gasteiger partial charge in [0.25, 0.3) is 48.4 Å². The number of ether oxygens (including phenoxy) is 5. The van der Waals surface area contributed by atoms with Gasteiger partial charge >= 0.3 is 11.6 Å². The Morgan fingerprint density at radius 3 is 1.95 bits per heavy atom. The van der Waals surface area contributed by atoms with Crippen LogP contribution in [0.25, 0.3) is 33.5 Å². The lowest BCUT2D eigenvalue weighted by Crippen LogP contribution is -2.46. The van der Waals surface area contributed by atoms with Crippen LogP contribution in [0, 0.1) is 0 Å². The van der Waals surface area contributed by atoms with E-state index in [1.165, 1.54) is 17.9 Å². The minimum Gasteiger partial charge on any atom is -0.756 e. The zero-order chi connectivity index (χ0) is 58.1. The Morgan fingerprint density at radius 2 is 1.30 bits per heavy atom. The number of aliphatic hydroxyl groups is 3. The standard InChI is InChI=1S/C36H49N15O25P4/c1-12(2)69-23-15(72-33(22(23)55)50-10-43-18-28(50)44-35(38)46-30(18)56)6-66-77(58,59)74-24-16(73-34(25(24)70-13(3)52)49-9-42-17-26(37)40-8-41-27(17)49)7-68-79(62,63)76-80(64,65)75-78(60,61)67-5-14-20(53)21(54)32(71-14)51-11-48(4)19-29(51)45-36(39)47-31(19)57/h8-12,14-16,20-25,32-34,53-55H,5-7H2,1-4H3,(H11-,37,38,39,40,41,44,45,46,47,56,57,58,59,60,61,62,63,64,65)/p-3. The highest BCUT2D eigenvalue weighted by molar-refractivity contribution is 7.65. The molecule has 0 saturated carbocycles. The van der Waals surface area contributed by atoms with Crippen molar-refractivity contribution in [1.82, 2.24) is 53.6 Å². The number of aryl methyl sites for hydroxylation is 1. The molecule has 6 aromatic rings. The summed E-state index contributed by atoms with van der Waals surface area (Å²) >= 11 is 0. The first-order valence-electron chi connectivity index (χ1n) is 23.0. The van der Waals surface area contributed by atoms with E-state index in [9.17, 15) is 67.5 Å². The van der Waals surface area contributed by atoms with Crippen molar-refractivity contribution in [3.05, 3.63) is 46.0 Å². The first-order valence-corrected chi connectivity index (χ1v) is 28.8. The number of phosphoric ester groups is 3. The molecule has 0 aliphatic carbocycles. The van der Waals surface area contributed by atoms with Gasteiger partial charge in [-0.05, 0) is 13.8 Å². The molecule has 16 atom stereocenters. The van der Waals surface area contributed by atoms with E-state index in [-0.39, 0.29) is 51.2 Å². The zero-order valence-corrected chi connectivity index (χ0v) is 44.8. The van der Waals surface area contributed by atoms with Crippen LogP contribution in [0.5, 0.6) is 0 Å². The maximum Gasteiger partial charge on any atom is 0.313 e. The summed E-state index contributed by atoms with van der Waals surface area (Å²) in [5.41, 5.74) is 15.2. The van der Waals surface area contributed by atoms with E-state index in [4.69, 9.17) is 54.5 Å². The molecule has 3 aliphatic heterocycles. The van der Waals surface area contributed by atoms with E-state index < -0.39 is 148 Å². The fourth-order valence-corrected chi connectivity index (χ4v) is 13.1. The Morgan fingerprint density at radius 1 is 0.725 bits per heavy atom. The first-order chi connectivity index (χ1) is 37.4. The third kappa shape index (κ3) is 12.3. The Bertz CT molecular complexity index is 3650. The van der Waals surface area contributed by atoms with Gasteiger partial charge in [-0.25, -0.2) is 33.1 Å². The van der Waals surface area contributed by atoms with Crippen molar-refractivity contribution >= 4 is 88.5 Å². The molecule has 0 amide bonds. The zero-order valence-electron chi connectivity index (χ0n) is 41.3. The van der Waals surface area contributed by atoms with Crippen LogP contribution in [0.3, 0.4) is 0 Å². The van der Waals surface area contributed by atoms with Gasteiger partial charge in [-0.2, -0.15) is 4.98 Å². The predicted molar refractivity (Wildman–Crippen MR) is 249 cm³/mol. The molecular formula is C36H46N15O25P4-3. The number of nitrogens with zero attached hydrogens (tertiary/aromatic N) is 10. The molecule has 9 heterocycles. The lowest BCUT2D eigenvalue weighted by molar-refractivity contribution is -0.745. The largest absolute Gasteiger partial charge is 0.756 e. The molecule has 40 nitrogen and oxygen atoms in total. The average Bonchev–Trinajstić information content (AvgIpc) is 4.40. The number of hydrogen-bond donors (Lipinski definition) is 8. The van der Waals surface area contributed by atoms with Crippen molar-refractivity contribution in [3.8, 4) is 0 Å². The number of hydrogen-bond acceptors (Lipinski definition) is 34. The van der Waals surface area contributed by atoms with Gasteiger partial charge in [0.1, 0.15) is 60.7 Å². The monoisotopic (exact) mass is 1210 g/mol. The van der Waals surface area contributed by atoms with Crippen molar-refractivity contribution in [2.24, 2.45) is 7.05 Å². The molecule has 3 fully saturated rings. The molecule has 9 rings (SSSR count). The van der Waals surface area contributed by atoms with Crippen molar-refractivity contribution in [1.29, 1.82) is 0 Å². The number of H-pyrrole nitrogens is 2. The SMILES string of the molecule is CC(=O)OC1C(OP(=O)([O-])OCC2OC(n3cnc4c(=O)[nH]c(N)nc43)C(O)C2OC(C)C)C(COP(=O)([O-])OP(=O)([O-])OP(=O)([O-])OCC2OC([n+]3cn(C)c4c(=O)[nH]c(N)nc43)C(O)C2O)OC1n1cnc2c(N)ncnc21. The van der Waals surface area contributed by atoms with Gasteiger partial charge in [-0.1, -0.05) is 4.98 Å². The predicted octanol–water partition coefficient (Wildman–Crippen LogP) is -5.89. The van der Waals surface area contributed by atoms with Crippen LogP contribution in [0.15, 0.2) is 34.9 Å². The Labute approximate surface area is 444 Å². The van der Waals surface area contributed by atoms with Crippen LogP contribution in [-0.2, 0) is 80.5 Å². The number of esters is 1. The molecule has 438 valence electrons. The van der Waals surface area contributed by atoms with Crippen molar-refractivity contribution < 1.29 is 113 Å². The van der Waals surface area contributed by atoms with Gasteiger partial charge in [-0.3, -0.25) is 56.3 Å². The lowest BCUT2D eigenvalue weighted by Gasteiger charge is -2.35. The van der Waals surface area contributed by atoms with Crippen LogP contribution in [0.2, 0.25) is 0 Å². The summed E-state index contributed by atoms with van der Waals surface area (Å²) in [6.45, 7) is 0.262. The maximum absolute atomic E-state index is 13.9. The minimum atomic E-state index is -6.65. The normalized spacial score (nSPS) is 29.3. The number of nitrogens with two attached hydrogens (primary N) is 3.